The lowest BCUT2D eigenvalue weighted by Crippen LogP contribution is -2.56. The van der Waals surface area contributed by atoms with Gasteiger partial charge in [0.05, 0.1) is 18.2 Å². The van der Waals surface area contributed by atoms with Crippen molar-refractivity contribution in [2.75, 3.05) is 32.7 Å². The van der Waals surface area contributed by atoms with E-state index in [-0.39, 0.29) is 24.2 Å². The van der Waals surface area contributed by atoms with Crippen LogP contribution in [0.1, 0.15) is 27.7 Å². The van der Waals surface area contributed by atoms with Crippen LogP contribution in [0.25, 0.3) is 0 Å². The molecule has 1 aliphatic rings. The summed E-state index contributed by atoms with van der Waals surface area (Å²) in [6.07, 6.45) is 0.181. The van der Waals surface area contributed by atoms with E-state index in [2.05, 4.69) is 4.90 Å². The van der Waals surface area contributed by atoms with Crippen molar-refractivity contribution in [3.05, 3.63) is 0 Å². The minimum absolute atomic E-state index is 0.0423. The Morgan fingerprint density at radius 1 is 1.44 bits per heavy atom. The van der Waals surface area contributed by atoms with E-state index in [4.69, 9.17) is 10.5 Å². The molecule has 0 bridgehead atoms. The Bertz CT molecular complexity index is 269. The molecule has 1 aliphatic heterocycles. The zero-order chi connectivity index (χ0) is 13.7. The predicted octanol–water partition coefficient (Wildman–Crippen LogP) is 0.291. The Hall–Kier alpha value is -0.650. The fourth-order valence-corrected chi connectivity index (χ4v) is 2.48. The van der Waals surface area contributed by atoms with Gasteiger partial charge in [-0.2, -0.15) is 0 Å². The number of hydrogen-bond donors (Lipinski definition) is 1. The summed E-state index contributed by atoms with van der Waals surface area (Å²) in [5, 5.41) is 0. The van der Waals surface area contributed by atoms with Crippen LogP contribution in [0.2, 0.25) is 0 Å². The topological polar surface area (TPSA) is 58.8 Å². The summed E-state index contributed by atoms with van der Waals surface area (Å²) in [5.74, 6) is 0.199. The first-order valence-corrected chi connectivity index (χ1v) is 6.91. The third-order valence-corrected chi connectivity index (χ3v) is 3.60. The van der Waals surface area contributed by atoms with Crippen LogP contribution in [0, 0.1) is 0 Å². The first-order chi connectivity index (χ1) is 8.53. The SMILES string of the molecule is CCN(CC)C(=O)C(C)N1CC(C)OC(CN)C1. The molecule has 1 saturated heterocycles. The van der Waals surface area contributed by atoms with E-state index in [0.29, 0.717) is 6.54 Å². The molecule has 1 rings (SSSR count). The largest absolute Gasteiger partial charge is 0.371 e. The molecule has 1 fully saturated rings. The number of ether oxygens (including phenoxy) is 1. The molecule has 5 heteroatoms. The van der Waals surface area contributed by atoms with Crippen LogP contribution in [0.3, 0.4) is 0 Å². The molecule has 0 radical (unpaired) electrons. The van der Waals surface area contributed by atoms with Gasteiger partial charge in [-0.25, -0.2) is 0 Å². The van der Waals surface area contributed by atoms with E-state index in [9.17, 15) is 4.79 Å². The van der Waals surface area contributed by atoms with Crippen molar-refractivity contribution in [2.24, 2.45) is 5.73 Å². The number of carbonyl (C=O) groups is 1. The number of nitrogens with zero attached hydrogens (tertiary/aromatic N) is 2. The number of morpholine rings is 1. The lowest BCUT2D eigenvalue weighted by molar-refractivity contribution is -0.141. The number of hydrogen-bond acceptors (Lipinski definition) is 4. The molecule has 0 aromatic carbocycles. The Morgan fingerprint density at radius 2 is 2.06 bits per heavy atom. The van der Waals surface area contributed by atoms with Gasteiger partial charge < -0.3 is 15.4 Å². The van der Waals surface area contributed by atoms with Crippen molar-refractivity contribution in [3.63, 3.8) is 0 Å². The van der Waals surface area contributed by atoms with Gasteiger partial charge in [0.15, 0.2) is 0 Å². The van der Waals surface area contributed by atoms with Crippen LogP contribution in [0.5, 0.6) is 0 Å². The van der Waals surface area contributed by atoms with Crippen molar-refractivity contribution in [3.8, 4) is 0 Å². The number of likely N-dealkylation sites (N-methyl/N-ethyl adjacent to an activating group) is 1. The van der Waals surface area contributed by atoms with Gasteiger partial charge in [-0.15, -0.1) is 0 Å². The Labute approximate surface area is 110 Å². The summed E-state index contributed by atoms with van der Waals surface area (Å²) in [4.78, 5) is 16.4. The third kappa shape index (κ3) is 3.67. The molecular formula is C13H27N3O2. The average molecular weight is 257 g/mol. The highest BCUT2D eigenvalue weighted by atomic mass is 16.5. The van der Waals surface area contributed by atoms with E-state index >= 15 is 0 Å². The van der Waals surface area contributed by atoms with E-state index in [0.717, 1.165) is 26.2 Å². The van der Waals surface area contributed by atoms with Gasteiger partial charge in [0.1, 0.15) is 0 Å². The molecule has 5 nitrogen and oxygen atoms in total. The number of carbonyl (C=O) groups excluding carboxylic acids is 1. The van der Waals surface area contributed by atoms with Crippen LogP contribution in [-0.2, 0) is 9.53 Å². The van der Waals surface area contributed by atoms with Gasteiger partial charge in [-0.05, 0) is 27.7 Å². The molecule has 1 heterocycles. The van der Waals surface area contributed by atoms with E-state index in [1.54, 1.807) is 0 Å². The molecule has 0 saturated carbocycles. The molecule has 0 aromatic heterocycles. The van der Waals surface area contributed by atoms with Crippen LogP contribution < -0.4 is 5.73 Å². The van der Waals surface area contributed by atoms with E-state index in [1.165, 1.54) is 0 Å². The average Bonchev–Trinajstić information content (AvgIpc) is 2.38. The second-order valence-electron chi connectivity index (χ2n) is 4.94. The first kappa shape index (κ1) is 15.4. The molecule has 18 heavy (non-hydrogen) atoms. The van der Waals surface area contributed by atoms with Crippen molar-refractivity contribution >= 4 is 5.91 Å². The quantitative estimate of drug-likeness (QED) is 0.769. The second kappa shape index (κ2) is 7.07. The highest BCUT2D eigenvalue weighted by Gasteiger charge is 2.31. The summed E-state index contributed by atoms with van der Waals surface area (Å²) in [7, 11) is 0. The zero-order valence-electron chi connectivity index (χ0n) is 12.1. The minimum Gasteiger partial charge on any atom is -0.371 e. The van der Waals surface area contributed by atoms with Crippen molar-refractivity contribution in [2.45, 2.75) is 45.9 Å². The molecule has 3 unspecified atom stereocenters. The van der Waals surface area contributed by atoms with Crippen LogP contribution in [-0.4, -0.2) is 66.7 Å². The first-order valence-electron chi connectivity index (χ1n) is 6.91. The summed E-state index contributed by atoms with van der Waals surface area (Å²) in [6.45, 7) is 11.6. The summed E-state index contributed by atoms with van der Waals surface area (Å²) >= 11 is 0. The van der Waals surface area contributed by atoms with Gasteiger partial charge in [-0.1, -0.05) is 0 Å². The second-order valence-corrected chi connectivity index (χ2v) is 4.94. The molecule has 0 aliphatic carbocycles. The minimum atomic E-state index is -0.0923. The smallest absolute Gasteiger partial charge is 0.239 e. The molecule has 0 spiro atoms. The Balaban J connectivity index is 2.64. The fraction of sp³-hybridized carbons (Fsp3) is 0.923. The van der Waals surface area contributed by atoms with Crippen LogP contribution in [0.4, 0.5) is 0 Å². The Morgan fingerprint density at radius 3 is 2.56 bits per heavy atom. The predicted molar refractivity (Wildman–Crippen MR) is 72.4 cm³/mol. The normalized spacial score (nSPS) is 26.9. The molecule has 1 amide bonds. The van der Waals surface area contributed by atoms with Gasteiger partial charge in [0.25, 0.3) is 0 Å². The maximum absolute atomic E-state index is 12.3. The van der Waals surface area contributed by atoms with E-state index < -0.39 is 0 Å². The van der Waals surface area contributed by atoms with Gasteiger partial charge >= 0.3 is 0 Å². The lowest BCUT2D eigenvalue weighted by atomic mass is 10.1. The zero-order valence-corrected chi connectivity index (χ0v) is 12.1. The molecular weight excluding hydrogens is 230 g/mol. The monoisotopic (exact) mass is 257 g/mol. The van der Waals surface area contributed by atoms with Gasteiger partial charge in [-0.3, -0.25) is 9.69 Å². The number of amides is 1. The number of rotatable bonds is 5. The standard InChI is InChI=1S/C13H27N3O2/c1-5-15(6-2)13(17)11(4)16-8-10(3)18-12(7-14)9-16/h10-12H,5-9,14H2,1-4H3. The van der Waals surface area contributed by atoms with Gasteiger partial charge in [0.2, 0.25) is 5.91 Å². The van der Waals surface area contributed by atoms with Crippen molar-refractivity contribution in [1.29, 1.82) is 0 Å². The summed E-state index contributed by atoms with van der Waals surface area (Å²) < 4.78 is 5.72. The lowest BCUT2D eigenvalue weighted by Gasteiger charge is -2.40. The van der Waals surface area contributed by atoms with Crippen LogP contribution >= 0.6 is 0 Å². The maximum Gasteiger partial charge on any atom is 0.239 e. The maximum atomic E-state index is 12.3. The summed E-state index contributed by atoms with van der Waals surface area (Å²) in [5.41, 5.74) is 5.67. The molecule has 0 aromatic rings. The number of nitrogens with two attached hydrogens (primary N) is 1. The third-order valence-electron chi connectivity index (χ3n) is 3.60. The summed E-state index contributed by atoms with van der Waals surface area (Å²) in [6, 6.07) is -0.0923. The molecule has 106 valence electrons. The molecule has 2 N–H and O–H groups in total. The van der Waals surface area contributed by atoms with Crippen molar-refractivity contribution in [1.82, 2.24) is 9.80 Å². The highest BCUT2D eigenvalue weighted by molar-refractivity contribution is 5.81. The van der Waals surface area contributed by atoms with E-state index in [1.807, 2.05) is 32.6 Å². The van der Waals surface area contributed by atoms with Crippen LogP contribution in [0.15, 0.2) is 0 Å². The Kier molecular flexibility index (Phi) is 6.05. The van der Waals surface area contributed by atoms with Gasteiger partial charge in [0, 0.05) is 32.7 Å². The highest BCUT2D eigenvalue weighted by Crippen LogP contribution is 2.14. The fourth-order valence-electron chi connectivity index (χ4n) is 2.48. The van der Waals surface area contributed by atoms with Crippen molar-refractivity contribution < 1.29 is 9.53 Å². The molecule has 3 atom stereocenters.